The summed E-state index contributed by atoms with van der Waals surface area (Å²) in [5.74, 6) is 3.38. The van der Waals surface area contributed by atoms with E-state index in [1.807, 2.05) is 18.2 Å². The molecular weight excluding hydrogens is 452 g/mol. The fourth-order valence-electron chi connectivity index (χ4n) is 6.71. The third-order valence-corrected chi connectivity index (χ3v) is 7.67. The van der Waals surface area contributed by atoms with Crippen molar-refractivity contribution in [2.24, 2.45) is 23.5 Å². The molecule has 1 atom stereocenters. The van der Waals surface area contributed by atoms with Crippen molar-refractivity contribution in [1.29, 1.82) is 0 Å². The van der Waals surface area contributed by atoms with Crippen LogP contribution in [0.25, 0.3) is 0 Å². The fourth-order valence-corrected chi connectivity index (χ4v) is 6.71. The van der Waals surface area contributed by atoms with E-state index in [9.17, 15) is 9.90 Å². The first-order chi connectivity index (χ1) is 15.9. The number of ether oxygens (including phenoxy) is 1. The molecule has 4 aliphatic carbocycles. The highest BCUT2D eigenvalue weighted by molar-refractivity contribution is 7.59. The molecule has 9 nitrogen and oxygen atoms in total. The van der Waals surface area contributed by atoms with Gasteiger partial charge in [-0.2, -0.15) is 18.5 Å². The van der Waals surface area contributed by atoms with Gasteiger partial charge in [-0.25, -0.2) is 4.98 Å². The number of rotatable bonds is 5. The standard InChI is InChI=1S/C24H30N6O3.H2S/c25-21(32)18-11-27-23(28-16-1-2-20-19(6-16)26-10-17(31)12-33-20)29-22(18)30-24-7-13-3-14(8-24)5-15(4-13)9-24;/h1-2,6,11,13-15,17,26,31H,3-5,7-10,12H2,(H2,25,32)(H2,27,28,29,30);1H2/t13?,14?,15?,17-,24?;/m0./s1. The van der Waals surface area contributed by atoms with Crippen LogP contribution in [0.5, 0.6) is 5.75 Å². The number of aromatic nitrogens is 2. The number of primary amides is 1. The van der Waals surface area contributed by atoms with Gasteiger partial charge in [-0.05, 0) is 74.5 Å². The predicted octanol–water partition coefficient (Wildman–Crippen LogP) is 2.98. The summed E-state index contributed by atoms with van der Waals surface area (Å²) in [6, 6.07) is 5.61. The molecule has 6 N–H and O–H groups in total. The molecule has 7 rings (SSSR count). The number of aliphatic hydroxyl groups excluding tert-OH is 1. The molecule has 4 saturated carbocycles. The number of aliphatic hydroxyl groups is 1. The molecule has 1 aromatic carbocycles. The van der Waals surface area contributed by atoms with Crippen LogP contribution in [0, 0.1) is 17.8 Å². The minimum Gasteiger partial charge on any atom is -0.489 e. The van der Waals surface area contributed by atoms with E-state index in [2.05, 4.69) is 25.9 Å². The Morgan fingerprint density at radius 1 is 1.18 bits per heavy atom. The van der Waals surface area contributed by atoms with Crippen molar-refractivity contribution in [2.45, 2.75) is 50.2 Å². The number of amides is 1. The molecule has 1 amide bonds. The number of carbonyl (C=O) groups excluding carboxylic acids is 1. The zero-order valence-electron chi connectivity index (χ0n) is 19.0. The number of benzene rings is 1. The molecule has 2 heterocycles. The second kappa shape index (κ2) is 8.81. The minimum absolute atomic E-state index is 0. The average Bonchev–Trinajstić information content (AvgIpc) is 2.94. The summed E-state index contributed by atoms with van der Waals surface area (Å²) in [5.41, 5.74) is 7.54. The van der Waals surface area contributed by atoms with Gasteiger partial charge >= 0.3 is 0 Å². The molecule has 34 heavy (non-hydrogen) atoms. The fraction of sp³-hybridized carbons (Fsp3) is 0.542. The zero-order valence-corrected chi connectivity index (χ0v) is 20.0. The molecule has 0 saturated heterocycles. The lowest BCUT2D eigenvalue weighted by Gasteiger charge is -2.57. The average molecular weight is 485 g/mol. The third-order valence-electron chi connectivity index (χ3n) is 7.67. The van der Waals surface area contributed by atoms with Gasteiger partial charge in [0, 0.05) is 24.0 Å². The molecule has 4 bridgehead atoms. The Hall–Kier alpha value is -2.72. The number of hydrogen-bond acceptors (Lipinski definition) is 8. The molecule has 0 spiro atoms. The van der Waals surface area contributed by atoms with E-state index in [0.717, 1.165) is 48.4 Å². The van der Waals surface area contributed by atoms with Crippen LogP contribution in [0.2, 0.25) is 0 Å². The number of hydrogen-bond donors (Lipinski definition) is 5. The third kappa shape index (κ3) is 4.36. The monoisotopic (exact) mass is 484 g/mol. The molecule has 10 heteroatoms. The molecular formula is C24H32N6O3S. The normalized spacial score (nSPS) is 30.7. The molecule has 0 unspecified atom stereocenters. The topological polar surface area (TPSA) is 134 Å². The van der Waals surface area contributed by atoms with Crippen LogP contribution in [0.3, 0.4) is 0 Å². The van der Waals surface area contributed by atoms with E-state index in [4.69, 9.17) is 10.5 Å². The molecule has 2 aromatic rings. The molecule has 4 fully saturated rings. The van der Waals surface area contributed by atoms with Gasteiger partial charge < -0.3 is 31.5 Å². The van der Waals surface area contributed by atoms with Crippen LogP contribution in [0.4, 0.5) is 23.1 Å². The van der Waals surface area contributed by atoms with Crippen molar-refractivity contribution in [3.05, 3.63) is 30.0 Å². The van der Waals surface area contributed by atoms with Gasteiger partial charge in [0.15, 0.2) is 0 Å². The number of β-amino-alcohol motifs (C(OH)–C–C–N with tert-alkyl or cyclic N) is 1. The van der Waals surface area contributed by atoms with Crippen molar-refractivity contribution >= 4 is 42.5 Å². The van der Waals surface area contributed by atoms with Gasteiger partial charge in [0.05, 0.1) is 11.3 Å². The Bertz CT molecular complexity index is 1060. The summed E-state index contributed by atoms with van der Waals surface area (Å²) in [7, 11) is 0. The first kappa shape index (κ1) is 23.0. The van der Waals surface area contributed by atoms with Crippen LogP contribution in [-0.4, -0.2) is 45.8 Å². The summed E-state index contributed by atoms with van der Waals surface area (Å²) in [4.78, 5) is 21.2. The minimum atomic E-state index is -0.559. The van der Waals surface area contributed by atoms with Crippen LogP contribution in [-0.2, 0) is 0 Å². The Morgan fingerprint density at radius 2 is 1.88 bits per heavy atom. The van der Waals surface area contributed by atoms with Crippen molar-refractivity contribution in [3.63, 3.8) is 0 Å². The van der Waals surface area contributed by atoms with Gasteiger partial charge in [0.1, 0.15) is 24.3 Å². The van der Waals surface area contributed by atoms with Gasteiger partial charge in [-0.3, -0.25) is 4.79 Å². The quantitative estimate of drug-likeness (QED) is 0.437. The van der Waals surface area contributed by atoms with Gasteiger partial charge in [-0.15, -0.1) is 0 Å². The number of fused-ring (bicyclic) bond motifs is 1. The summed E-state index contributed by atoms with van der Waals surface area (Å²) in [6.07, 6.45) is 8.36. The number of nitrogens with two attached hydrogens (primary N) is 1. The highest BCUT2D eigenvalue weighted by atomic mass is 32.1. The van der Waals surface area contributed by atoms with Crippen molar-refractivity contribution < 1.29 is 14.6 Å². The van der Waals surface area contributed by atoms with Crippen LogP contribution >= 0.6 is 13.5 Å². The summed E-state index contributed by atoms with van der Waals surface area (Å²) in [6.45, 7) is 0.670. The SMILES string of the molecule is NC(=O)c1cnc(Nc2ccc3c(c2)NC[C@H](O)CO3)nc1NC12CC3CC(CC(C3)C1)C2.S. The molecule has 1 aromatic heterocycles. The maximum absolute atomic E-state index is 12.1. The second-order valence-corrected chi connectivity index (χ2v) is 10.3. The molecule has 182 valence electrons. The van der Waals surface area contributed by atoms with Crippen LogP contribution < -0.4 is 26.4 Å². The van der Waals surface area contributed by atoms with E-state index >= 15 is 0 Å². The highest BCUT2D eigenvalue weighted by Crippen LogP contribution is 2.56. The first-order valence-electron chi connectivity index (χ1n) is 11.9. The lowest BCUT2D eigenvalue weighted by atomic mass is 9.53. The first-order valence-corrected chi connectivity index (χ1v) is 11.9. The van der Waals surface area contributed by atoms with E-state index in [0.29, 0.717) is 29.6 Å². The van der Waals surface area contributed by atoms with Gasteiger partial charge in [-0.1, -0.05) is 0 Å². The number of carbonyl (C=O) groups is 1. The maximum atomic E-state index is 12.1. The summed E-state index contributed by atoms with van der Waals surface area (Å²) < 4.78 is 5.63. The van der Waals surface area contributed by atoms with E-state index < -0.39 is 12.0 Å². The van der Waals surface area contributed by atoms with Crippen molar-refractivity contribution in [2.75, 3.05) is 29.1 Å². The predicted molar refractivity (Wildman–Crippen MR) is 135 cm³/mol. The molecule has 1 aliphatic heterocycles. The van der Waals surface area contributed by atoms with Crippen molar-refractivity contribution in [1.82, 2.24) is 9.97 Å². The van der Waals surface area contributed by atoms with E-state index in [1.54, 1.807) is 0 Å². The number of nitrogens with one attached hydrogen (secondary N) is 3. The Balaban J connectivity index is 0.00000241. The largest absolute Gasteiger partial charge is 0.489 e. The van der Waals surface area contributed by atoms with Crippen LogP contribution in [0.15, 0.2) is 24.4 Å². The summed E-state index contributed by atoms with van der Waals surface area (Å²) in [5, 5.41) is 19.9. The maximum Gasteiger partial charge on any atom is 0.254 e. The zero-order chi connectivity index (χ0) is 22.6. The lowest BCUT2D eigenvalue weighted by molar-refractivity contribution is 0.0105. The molecule has 5 aliphatic rings. The van der Waals surface area contributed by atoms with E-state index in [-0.39, 0.29) is 25.6 Å². The number of anilines is 4. The number of nitrogens with zero attached hydrogens (tertiary/aromatic N) is 2. The van der Waals surface area contributed by atoms with Crippen LogP contribution in [0.1, 0.15) is 48.9 Å². The second-order valence-electron chi connectivity index (χ2n) is 10.3. The Morgan fingerprint density at radius 3 is 2.56 bits per heavy atom. The Kier molecular flexibility index (Phi) is 5.97. The van der Waals surface area contributed by atoms with Crippen molar-refractivity contribution in [3.8, 4) is 5.75 Å². The van der Waals surface area contributed by atoms with E-state index in [1.165, 1.54) is 25.5 Å². The van der Waals surface area contributed by atoms with Gasteiger partial charge in [0.25, 0.3) is 5.91 Å². The molecule has 0 radical (unpaired) electrons. The summed E-state index contributed by atoms with van der Waals surface area (Å²) >= 11 is 0. The lowest BCUT2D eigenvalue weighted by Crippen LogP contribution is -2.55. The van der Waals surface area contributed by atoms with Gasteiger partial charge in [0.2, 0.25) is 5.95 Å². The Labute approximate surface area is 205 Å². The highest BCUT2D eigenvalue weighted by Gasteiger charge is 2.51. The smallest absolute Gasteiger partial charge is 0.254 e.